The Kier molecular flexibility index (Phi) is 7.27. The van der Waals surface area contributed by atoms with Crippen LogP contribution in [0.4, 0.5) is 0 Å². The summed E-state index contributed by atoms with van der Waals surface area (Å²) in [6.45, 7) is 11.1. The SMILES string of the molecule is CC.CCC.Cc1cccc2c1CN(C)C2=O. The summed E-state index contributed by atoms with van der Waals surface area (Å²) < 4.78 is 0. The average Bonchev–Trinajstić information content (AvgIpc) is 2.62. The molecular weight excluding hydrogens is 210 g/mol. The number of nitrogens with zero attached hydrogens (tertiary/aromatic N) is 1. The molecule has 1 aliphatic heterocycles. The standard InChI is InChI=1S/C10H11NO.C3H8.C2H6/c1-7-4-3-5-8-9(7)6-11(2)10(8)12;1-3-2;1-2/h3-5H,6H2,1-2H3;3H2,1-2H3;1-2H3. The van der Waals surface area contributed by atoms with Crippen LogP contribution in [-0.4, -0.2) is 17.9 Å². The van der Waals surface area contributed by atoms with E-state index < -0.39 is 0 Å². The van der Waals surface area contributed by atoms with Gasteiger partial charge >= 0.3 is 0 Å². The molecule has 0 spiro atoms. The number of carbonyl (C=O) groups is 1. The Hall–Kier alpha value is -1.31. The van der Waals surface area contributed by atoms with Crippen molar-refractivity contribution in [3.8, 4) is 0 Å². The highest BCUT2D eigenvalue weighted by molar-refractivity contribution is 5.98. The highest BCUT2D eigenvalue weighted by Gasteiger charge is 2.24. The molecule has 0 atom stereocenters. The molecule has 2 nitrogen and oxygen atoms in total. The number of aryl methyl sites for hydroxylation is 1. The first-order chi connectivity index (χ1) is 8.11. The van der Waals surface area contributed by atoms with E-state index in [1.165, 1.54) is 17.5 Å². The zero-order chi connectivity index (χ0) is 13.4. The molecule has 0 unspecified atom stereocenters. The van der Waals surface area contributed by atoms with Crippen molar-refractivity contribution in [2.24, 2.45) is 0 Å². The Morgan fingerprint density at radius 2 is 1.76 bits per heavy atom. The zero-order valence-electron chi connectivity index (χ0n) is 12.0. The maximum atomic E-state index is 11.5. The Balaban J connectivity index is 0.000000450. The van der Waals surface area contributed by atoms with Gasteiger partial charge in [0.05, 0.1) is 0 Å². The van der Waals surface area contributed by atoms with Gasteiger partial charge in [0.15, 0.2) is 0 Å². The Morgan fingerprint density at radius 1 is 1.24 bits per heavy atom. The number of amides is 1. The minimum atomic E-state index is 0.147. The lowest BCUT2D eigenvalue weighted by Gasteiger charge is -2.05. The summed E-state index contributed by atoms with van der Waals surface area (Å²) in [5.74, 6) is 0.147. The molecule has 0 bridgehead atoms. The molecule has 1 amide bonds. The van der Waals surface area contributed by atoms with Crippen molar-refractivity contribution < 1.29 is 4.79 Å². The molecule has 2 heteroatoms. The van der Waals surface area contributed by atoms with Crippen LogP contribution < -0.4 is 0 Å². The number of benzene rings is 1. The van der Waals surface area contributed by atoms with Gasteiger partial charge < -0.3 is 4.90 Å². The van der Waals surface area contributed by atoms with E-state index in [1.807, 2.05) is 46.0 Å². The third-order valence-electron chi connectivity index (χ3n) is 2.38. The number of hydrogen-bond donors (Lipinski definition) is 0. The molecule has 0 saturated heterocycles. The number of fused-ring (bicyclic) bond motifs is 1. The van der Waals surface area contributed by atoms with Crippen molar-refractivity contribution in [2.45, 2.75) is 47.6 Å². The third-order valence-corrected chi connectivity index (χ3v) is 2.38. The second-order valence-corrected chi connectivity index (χ2v) is 3.97. The summed E-state index contributed by atoms with van der Waals surface area (Å²) in [5.41, 5.74) is 3.27. The summed E-state index contributed by atoms with van der Waals surface area (Å²) in [6.07, 6.45) is 1.25. The van der Waals surface area contributed by atoms with Crippen LogP contribution in [-0.2, 0) is 6.54 Å². The summed E-state index contributed by atoms with van der Waals surface area (Å²) in [5, 5.41) is 0. The largest absolute Gasteiger partial charge is 0.337 e. The molecule has 0 aliphatic carbocycles. The summed E-state index contributed by atoms with van der Waals surface area (Å²) >= 11 is 0. The van der Waals surface area contributed by atoms with E-state index in [-0.39, 0.29) is 5.91 Å². The quantitative estimate of drug-likeness (QED) is 0.665. The van der Waals surface area contributed by atoms with Crippen LogP contribution in [0.15, 0.2) is 18.2 Å². The fourth-order valence-electron chi connectivity index (χ4n) is 1.63. The van der Waals surface area contributed by atoms with Gasteiger partial charge in [-0.3, -0.25) is 4.79 Å². The summed E-state index contributed by atoms with van der Waals surface area (Å²) in [6, 6.07) is 5.88. The first-order valence-electron chi connectivity index (χ1n) is 6.45. The van der Waals surface area contributed by atoms with Crippen LogP contribution in [0.5, 0.6) is 0 Å². The fourth-order valence-corrected chi connectivity index (χ4v) is 1.63. The van der Waals surface area contributed by atoms with Crippen molar-refractivity contribution in [3.63, 3.8) is 0 Å². The molecule has 1 aromatic carbocycles. The Labute approximate surface area is 106 Å². The lowest BCUT2D eigenvalue weighted by atomic mass is 10.1. The van der Waals surface area contributed by atoms with Crippen LogP contribution in [0, 0.1) is 6.92 Å². The van der Waals surface area contributed by atoms with E-state index in [4.69, 9.17) is 0 Å². The van der Waals surface area contributed by atoms with Crippen LogP contribution in [0.2, 0.25) is 0 Å². The molecule has 1 aliphatic rings. The molecule has 0 radical (unpaired) electrons. The van der Waals surface area contributed by atoms with Gasteiger partial charge in [0.25, 0.3) is 5.91 Å². The molecule has 96 valence electrons. The van der Waals surface area contributed by atoms with Crippen LogP contribution in [0.1, 0.15) is 55.6 Å². The molecular formula is C15H25NO. The normalized spacial score (nSPS) is 12.1. The van der Waals surface area contributed by atoms with E-state index in [9.17, 15) is 4.79 Å². The topological polar surface area (TPSA) is 20.3 Å². The predicted octanol–water partition coefficient (Wildman–Crippen LogP) is 4.02. The van der Waals surface area contributed by atoms with E-state index in [0.717, 1.165) is 12.1 Å². The fraction of sp³-hybridized carbons (Fsp3) is 0.533. The van der Waals surface area contributed by atoms with Crippen molar-refractivity contribution in [1.29, 1.82) is 0 Å². The summed E-state index contributed by atoms with van der Waals surface area (Å²) in [4.78, 5) is 13.2. The minimum absolute atomic E-state index is 0.147. The van der Waals surface area contributed by atoms with E-state index in [2.05, 4.69) is 13.8 Å². The molecule has 0 N–H and O–H groups in total. The second-order valence-electron chi connectivity index (χ2n) is 3.97. The molecule has 0 saturated carbocycles. The molecule has 0 fully saturated rings. The van der Waals surface area contributed by atoms with Crippen molar-refractivity contribution in [3.05, 3.63) is 34.9 Å². The van der Waals surface area contributed by atoms with Crippen LogP contribution >= 0.6 is 0 Å². The lowest BCUT2D eigenvalue weighted by Crippen LogP contribution is -2.17. The van der Waals surface area contributed by atoms with Crippen LogP contribution in [0.3, 0.4) is 0 Å². The average molecular weight is 235 g/mol. The van der Waals surface area contributed by atoms with E-state index in [1.54, 1.807) is 4.90 Å². The van der Waals surface area contributed by atoms with Gasteiger partial charge in [0.2, 0.25) is 0 Å². The Bertz CT molecular complexity index is 358. The van der Waals surface area contributed by atoms with Gasteiger partial charge in [0.1, 0.15) is 0 Å². The molecule has 0 aromatic heterocycles. The minimum Gasteiger partial charge on any atom is -0.337 e. The van der Waals surface area contributed by atoms with Gasteiger partial charge in [-0.15, -0.1) is 0 Å². The van der Waals surface area contributed by atoms with Crippen molar-refractivity contribution in [1.82, 2.24) is 4.90 Å². The molecule has 2 rings (SSSR count). The maximum absolute atomic E-state index is 11.5. The predicted molar refractivity (Wildman–Crippen MR) is 74.3 cm³/mol. The van der Waals surface area contributed by atoms with Crippen LogP contribution in [0.25, 0.3) is 0 Å². The van der Waals surface area contributed by atoms with Gasteiger partial charge in [-0.05, 0) is 24.1 Å². The molecule has 1 heterocycles. The van der Waals surface area contributed by atoms with Crippen molar-refractivity contribution >= 4 is 5.91 Å². The first kappa shape index (κ1) is 15.7. The molecule has 17 heavy (non-hydrogen) atoms. The van der Waals surface area contributed by atoms with Gasteiger partial charge in [-0.25, -0.2) is 0 Å². The summed E-state index contributed by atoms with van der Waals surface area (Å²) in [7, 11) is 1.84. The zero-order valence-corrected chi connectivity index (χ0v) is 12.0. The lowest BCUT2D eigenvalue weighted by molar-refractivity contribution is 0.0816. The second kappa shape index (κ2) is 7.88. The van der Waals surface area contributed by atoms with E-state index in [0.29, 0.717) is 0 Å². The maximum Gasteiger partial charge on any atom is 0.254 e. The smallest absolute Gasteiger partial charge is 0.254 e. The number of rotatable bonds is 0. The van der Waals surface area contributed by atoms with Gasteiger partial charge in [-0.1, -0.05) is 46.2 Å². The highest BCUT2D eigenvalue weighted by atomic mass is 16.2. The monoisotopic (exact) mass is 235 g/mol. The number of hydrogen-bond acceptors (Lipinski definition) is 1. The third kappa shape index (κ3) is 3.88. The highest BCUT2D eigenvalue weighted by Crippen LogP contribution is 2.23. The van der Waals surface area contributed by atoms with Crippen molar-refractivity contribution in [2.75, 3.05) is 7.05 Å². The first-order valence-corrected chi connectivity index (χ1v) is 6.45. The van der Waals surface area contributed by atoms with E-state index >= 15 is 0 Å². The molecule has 1 aromatic rings. The Morgan fingerprint density at radius 3 is 2.24 bits per heavy atom. The van der Waals surface area contributed by atoms with Gasteiger partial charge in [0, 0.05) is 19.2 Å². The van der Waals surface area contributed by atoms with Gasteiger partial charge in [-0.2, -0.15) is 0 Å². The number of carbonyl (C=O) groups excluding carboxylic acids is 1.